The molecule has 0 bridgehead atoms. The second-order valence-corrected chi connectivity index (χ2v) is 5.76. The SMILES string of the molecule is CCCCc1ccc(C(NCC)c2ccccc2Cl)cc1. The van der Waals surface area contributed by atoms with Crippen LogP contribution in [0.5, 0.6) is 0 Å². The molecule has 0 aliphatic rings. The molecule has 0 amide bonds. The van der Waals surface area contributed by atoms with Crippen molar-refractivity contribution in [2.75, 3.05) is 6.54 Å². The highest BCUT2D eigenvalue weighted by molar-refractivity contribution is 6.31. The predicted molar refractivity (Wildman–Crippen MR) is 92.0 cm³/mol. The third-order valence-electron chi connectivity index (χ3n) is 3.76. The smallest absolute Gasteiger partial charge is 0.0591 e. The standard InChI is InChI=1S/C19H24ClN/c1-3-5-8-15-11-13-16(14-12-15)19(21-4-2)17-9-6-7-10-18(17)20/h6-7,9-14,19,21H,3-5,8H2,1-2H3. The summed E-state index contributed by atoms with van der Waals surface area (Å²) >= 11 is 6.36. The van der Waals surface area contributed by atoms with Gasteiger partial charge in [-0.3, -0.25) is 0 Å². The Hall–Kier alpha value is -1.31. The first-order valence-corrected chi connectivity index (χ1v) is 8.20. The Labute approximate surface area is 133 Å². The van der Waals surface area contributed by atoms with Gasteiger partial charge in [-0.25, -0.2) is 0 Å². The molecule has 2 aromatic rings. The van der Waals surface area contributed by atoms with Crippen LogP contribution in [0, 0.1) is 0 Å². The van der Waals surface area contributed by atoms with Crippen molar-refractivity contribution in [1.82, 2.24) is 5.32 Å². The van der Waals surface area contributed by atoms with E-state index in [2.05, 4.69) is 49.5 Å². The molecule has 21 heavy (non-hydrogen) atoms. The summed E-state index contributed by atoms with van der Waals surface area (Å²) in [5, 5.41) is 4.35. The van der Waals surface area contributed by atoms with E-state index in [0.29, 0.717) is 0 Å². The topological polar surface area (TPSA) is 12.0 Å². The molecule has 0 aromatic heterocycles. The van der Waals surface area contributed by atoms with Gasteiger partial charge in [-0.2, -0.15) is 0 Å². The molecule has 0 saturated carbocycles. The van der Waals surface area contributed by atoms with Crippen molar-refractivity contribution in [3.63, 3.8) is 0 Å². The van der Waals surface area contributed by atoms with Crippen molar-refractivity contribution in [3.05, 3.63) is 70.2 Å². The first-order chi connectivity index (χ1) is 10.3. The van der Waals surface area contributed by atoms with Crippen LogP contribution in [0.3, 0.4) is 0 Å². The molecule has 0 spiro atoms. The monoisotopic (exact) mass is 301 g/mol. The summed E-state index contributed by atoms with van der Waals surface area (Å²) in [5.41, 5.74) is 3.82. The second kappa shape index (κ2) is 8.21. The number of halogens is 1. The largest absolute Gasteiger partial charge is 0.306 e. The third kappa shape index (κ3) is 4.33. The molecule has 0 aliphatic carbocycles. The van der Waals surface area contributed by atoms with Crippen LogP contribution in [0.15, 0.2) is 48.5 Å². The molecular weight excluding hydrogens is 278 g/mol. The normalized spacial score (nSPS) is 12.3. The van der Waals surface area contributed by atoms with E-state index in [1.54, 1.807) is 0 Å². The van der Waals surface area contributed by atoms with Gasteiger partial charge >= 0.3 is 0 Å². The van der Waals surface area contributed by atoms with Crippen molar-refractivity contribution in [3.8, 4) is 0 Å². The van der Waals surface area contributed by atoms with Crippen LogP contribution in [-0.2, 0) is 6.42 Å². The molecule has 0 aliphatic heterocycles. The Morgan fingerprint density at radius 3 is 2.33 bits per heavy atom. The minimum atomic E-state index is 0.156. The third-order valence-corrected chi connectivity index (χ3v) is 4.10. The molecule has 0 fully saturated rings. The summed E-state index contributed by atoms with van der Waals surface area (Å²) in [5.74, 6) is 0. The fourth-order valence-electron chi connectivity index (χ4n) is 2.58. The van der Waals surface area contributed by atoms with Crippen molar-refractivity contribution >= 4 is 11.6 Å². The average molecular weight is 302 g/mol. The summed E-state index contributed by atoms with van der Waals surface area (Å²) in [6.45, 7) is 5.26. The van der Waals surface area contributed by atoms with Crippen LogP contribution in [0.25, 0.3) is 0 Å². The Morgan fingerprint density at radius 1 is 1.00 bits per heavy atom. The lowest BCUT2D eigenvalue weighted by molar-refractivity contribution is 0.630. The fourth-order valence-corrected chi connectivity index (χ4v) is 2.82. The van der Waals surface area contributed by atoms with Gasteiger partial charge in [-0.05, 0) is 42.1 Å². The van der Waals surface area contributed by atoms with Gasteiger partial charge in [-0.15, -0.1) is 0 Å². The van der Waals surface area contributed by atoms with E-state index >= 15 is 0 Å². The summed E-state index contributed by atoms with van der Waals surface area (Å²) in [4.78, 5) is 0. The summed E-state index contributed by atoms with van der Waals surface area (Å²) in [6, 6.07) is 17.2. The zero-order chi connectivity index (χ0) is 15.1. The Balaban J connectivity index is 2.24. The molecule has 0 saturated heterocycles. The van der Waals surface area contributed by atoms with E-state index < -0.39 is 0 Å². The number of hydrogen-bond acceptors (Lipinski definition) is 1. The van der Waals surface area contributed by atoms with E-state index in [4.69, 9.17) is 11.6 Å². The van der Waals surface area contributed by atoms with Crippen LogP contribution >= 0.6 is 11.6 Å². The molecule has 2 rings (SSSR count). The lowest BCUT2D eigenvalue weighted by Crippen LogP contribution is -2.22. The van der Waals surface area contributed by atoms with Crippen molar-refractivity contribution < 1.29 is 0 Å². The molecule has 112 valence electrons. The van der Waals surface area contributed by atoms with E-state index in [-0.39, 0.29) is 6.04 Å². The molecule has 0 heterocycles. The number of unbranched alkanes of at least 4 members (excludes halogenated alkanes) is 1. The number of rotatable bonds is 7. The Kier molecular flexibility index (Phi) is 6.28. The van der Waals surface area contributed by atoms with Gasteiger partial charge in [0.05, 0.1) is 6.04 Å². The molecule has 1 unspecified atom stereocenters. The molecule has 2 aromatic carbocycles. The van der Waals surface area contributed by atoms with Crippen molar-refractivity contribution in [1.29, 1.82) is 0 Å². The number of aryl methyl sites for hydroxylation is 1. The van der Waals surface area contributed by atoms with E-state index in [1.165, 1.54) is 24.0 Å². The van der Waals surface area contributed by atoms with Gasteiger partial charge in [0.2, 0.25) is 0 Å². The summed E-state index contributed by atoms with van der Waals surface area (Å²) < 4.78 is 0. The van der Waals surface area contributed by atoms with Crippen LogP contribution < -0.4 is 5.32 Å². The fraction of sp³-hybridized carbons (Fsp3) is 0.368. The lowest BCUT2D eigenvalue weighted by atomic mass is 9.96. The average Bonchev–Trinajstić information content (AvgIpc) is 2.52. The lowest BCUT2D eigenvalue weighted by Gasteiger charge is -2.20. The maximum Gasteiger partial charge on any atom is 0.0591 e. The van der Waals surface area contributed by atoms with Crippen LogP contribution in [-0.4, -0.2) is 6.54 Å². The van der Waals surface area contributed by atoms with Crippen LogP contribution in [0.4, 0.5) is 0 Å². The predicted octanol–water partition coefficient (Wildman–Crippen LogP) is 5.38. The highest BCUT2D eigenvalue weighted by Crippen LogP contribution is 2.28. The highest BCUT2D eigenvalue weighted by Gasteiger charge is 2.15. The zero-order valence-corrected chi connectivity index (χ0v) is 13.7. The molecule has 1 atom stereocenters. The first kappa shape index (κ1) is 16.1. The maximum absolute atomic E-state index is 6.36. The zero-order valence-electron chi connectivity index (χ0n) is 12.9. The molecule has 2 heteroatoms. The van der Waals surface area contributed by atoms with Gasteiger partial charge in [-0.1, -0.05) is 74.3 Å². The van der Waals surface area contributed by atoms with E-state index in [9.17, 15) is 0 Å². The van der Waals surface area contributed by atoms with Gasteiger partial charge in [0.25, 0.3) is 0 Å². The second-order valence-electron chi connectivity index (χ2n) is 5.36. The van der Waals surface area contributed by atoms with Gasteiger partial charge in [0.15, 0.2) is 0 Å². The highest BCUT2D eigenvalue weighted by atomic mass is 35.5. The van der Waals surface area contributed by atoms with Crippen molar-refractivity contribution in [2.24, 2.45) is 0 Å². The minimum Gasteiger partial charge on any atom is -0.306 e. The van der Waals surface area contributed by atoms with E-state index in [0.717, 1.165) is 23.6 Å². The number of benzene rings is 2. The quantitative estimate of drug-likeness (QED) is 0.724. The Morgan fingerprint density at radius 2 is 1.71 bits per heavy atom. The van der Waals surface area contributed by atoms with Gasteiger partial charge in [0.1, 0.15) is 0 Å². The summed E-state index contributed by atoms with van der Waals surface area (Å²) in [6.07, 6.45) is 3.65. The number of nitrogens with one attached hydrogen (secondary N) is 1. The summed E-state index contributed by atoms with van der Waals surface area (Å²) in [7, 11) is 0. The first-order valence-electron chi connectivity index (χ1n) is 7.83. The minimum absolute atomic E-state index is 0.156. The van der Waals surface area contributed by atoms with Gasteiger partial charge < -0.3 is 5.32 Å². The van der Waals surface area contributed by atoms with Crippen LogP contribution in [0.2, 0.25) is 5.02 Å². The number of hydrogen-bond donors (Lipinski definition) is 1. The van der Waals surface area contributed by atoms with Crippen LogP contribution in [0.1, 0.15) is 49.4 Å². The molecule has 1 nitrogen and oxygen atoms in total. The maximum atomic E-state index is 6.36. The van der Waals surface area contributed by atoms with Crippen molar-refractivity contribution in [2.45, 2.75) is 39.2 Å². The molecule has 0 radical (unpaired) electrons. The Bertz CT molecular complexity index is 548. The molecule has 1 N–H and O–H groups in total. The molecular formula is C19H24ClN. The van der Waals surface area contributed by atoms with E-state index in [1.807, 2.05) is 18.2 Å². The van der Waals surface area contributed by atoms with Gasteiger partial charge in [0, 0.05) is 5.02 Å².